The fourth-order valence-corrected chi connectivity index (χ4v) is 7.15. The third-order valence-corrected chi connectivity index (χ3v) is 9.57. The lowest BCUT2D eigenvalue weighted by Gasteiger charge is -2.23. The molecule has 0 saturated carbocycles. The highest BCUT2D eigenvalue weighted by Gasteiger charge is 2.48. The molecular formula is C33H30FN3O5S2. The van der Waals surface area contributed by atoms with E-state index in [2.05, 4.69) is 17.1 Å². The number of anilines is 1. The van der Waals surface area contributed by atoms with Crippen LogP contribution < -0.4 is 14.4 Å². The second-order valence-corrected chi connectivity index (χ2v) is 12.8. The Hall–Kier alpha value is -4.22. The first-order valence-corrected chi connectivity index (χ1v) is 16.2. The Labute approximate surface area is 262 Å². The Kier molecular flexibility index (Phi) is 8.67. The predicted octanol–water partition coefficient (Wildman–Crippen LogP) is 7.10. The van der Waals surface area contributed by atoms with E-state index in [1.165, 1.54) is 22.7 Å². The smallest absolute Gasteiger partial charge is 0.301 e. The maximum atomic E-state index is 14.2. The molecule has 44 heavy (non-hydrogen) atoms. The summed E-state index contributed by atoms with van der Waals surface area (Å²) in [4.78, 5) is 28.6. The Morgan fingerprint density at radius 2 is 1.98 bits per heavy atom. The van der Waals surface area contributed by atoms with E-state index in [0.29, 0.717) is 45.6 Å². The molecule has 11 heteroatoms. The van der Waals surface area contributed by atoms with Gasteiger partial charge in [0, 0.05) is 17.7 Å². The van der Waals surface area contributed by atoms with Gasteiger partial charge in [0.25, 0.3) is 5.78 Å². The maximum absolute atomic E-state index is 14.2. The van der Waals surface area contributed by atoms with Crippen molar-refractivity contribution >= 4 is 45.7 Å². The summed E-state index contributed by atoms with van der Waals surface area (Å²) in [7, 11) is 0. The molecule has 2 atom stereocenters. The van der Waals surface area contributed by atoms with E-state index in [1.807, 2.05) is 13.0 Å². The van der Waals surface area contributed by atoms with Gasteiger partial charge in [0.05, 0.1) is 18.2 Å². The highest BCUT2D eigenvalue weighted by molar-refractivity contribution is 8.00. The molecule has 2 unspecified atom stereocenters. The lowest BCUT2D eigenvalue weighted by atomic mass is 9.94. The lowest BCUT2D eigenvalue weighted by molar-refractivity contribution is -0.132. The van der Waals surface area contributed by atoms with E-state index in [4.69, 9.17) is 9.47 Å². The quantitative estimate of drug-likeness (QED) is 0.0494. The van der Waals surface area contributed by atoms with Gasteiger partial charge in [-0.15, -0.1) is 10.2 Å². The summed E-state index contributed by atoms with van der Waals surface area (Å²) < 4.78 is 26.4. The van der Waals surface area contributed by atoms with Crippen molar-refractivity contribution in [2.45, 2.75) is 55.3 Å². The number of carbonyl (C=O) groups is 2. The number of aliphatic hydroxyl groups is 1. The summed E-state index contributed by atoms with van der Waals surface area (Å²) in [5.41, 5.74) is 2.37. The normalized spacial score (nSPS) is 18.8. The number of hydrogen-bond acceptors (Lipinski definition) is 9. The summed E-state index contributed by atoms with van der Waals surface area (Å²) in [6, 6.07) is 17.9. The van der Waals surface area contributed by atoms with Gasteiger partial charge in [0.1, 0.15) is 29.2 Å². The number of nitrogens with zero attached hydrogens (tertiary/aromatic N) is 3. The first-order chi connectivity index (χ1) is 21.3. The number of rotatable bonds is 10. The van der Waals surface area contributed by atoms with Crippen molar-refractivity contribution in [1.29, 1.82) is 0 Å². The van der Waals surface area contributed by atoms with Crippen molar-refractivity contribution in [3.8, 4) is 11.5 Å². The van der Waals surface area contributed by atoms with Crippen LogP contribution in [0.5, 0.6) is 11.5 Å². The summed E-state index contributed by atoms with van der Waals surface area (Å²) >= 11 is 2.41. The van der Waals surface area contributed by atoms with Gasteiger partial charge in [0.15, 0.2) is 4.34 Å². The zero-order chi connectivity index (χ0) is 30.8. The molecule has 0 aliphatic carbocycles. The van der Waals surface area contributed by atoms with Crippen LogP contribution in [0.2, 0.25) is 0 Å². The number of fused-ring (bicyclic) bond motifs is 1. The Balaban J connectivity index is 1.39. The molecule has 8 nitrogen and oxygen atoms in total. The highest BCUT2D eigenvalue weighted by atomic mass is 32.2. The minimum atomic E-state index is -0.981. The largest absolute Gasteiger partial charge is 0.507 e. The first kappa shape index (κ1) is 29.8. The van der Waals surface area contributed by atoms with Gasteiger partial charge in [0.2, 0.25) is 5.13 Å². The van der Waals surface area contributed by atoms with Crippen molar-refractivity contribution in [3.05, 3.63) is 100 Å². The zero-order valence-electron chi connectivity index (χ0n) is 24.2. The monoisotopic (exact) mass is 631 g/mol. The van der Waals surface area contributed by atoms with Crippen molar-refractivity contribution in [1.82, 2.24) is 10.2 Å². The number of thioether (sulfide) groups is 1. The molecule has 3 heterocycles. The Bertz CT molecular complexity index is 1760. The molecule has 0 radical (unpaired) electrons. The third-order valence-electron chi connectivity index (χ3n) is 7.47. The molecule has 2 aliphatic rings. The molecule has 3 aromatic carbocycles. The van der Waals surface area contributed by atoms with Gasteiger partial charge in [-0.3, -0.25) is 14.5 Å². The molecule has 4 aromatic rings. The molecule has 0 bridgehead atoms. The number of halogens is 1. The predicted molar refractivity (Wildman–Crippen MR) is 168 cm³/mol. The number of amides is 1. The molecular weight excluding hydrogens is 602 g/mol. The van der Waals surface area contributed by atoms with Crippen molar-refractivity contribution in [2.24, 2.45) is 0 Å². The van der Waals surface area contributed by atoms with Crippen LogP contribution in [0.4, 0.5) is 9.52 Å². The van der Waals surface area contributed by atoms with Gasteiger partial charge >= 0.3 is 5.91 Å². The van der Waals surface area contributed by atoms with Gasteiger partial charge < -0.3 is 14.6 Å². The summed E-state index contributed by atoms with van der Waals surface area (Å²) in [5, 5.41) is 20.3. The second-order valence-electron chi connectivity index (χ2n) is 10.6. The standard InChI is InChI=1S/C33H30FN3O5S2/c1-3-4-14-41-24-10-7-9-20(17-24)28-27(29(38)21-12-13-26-23(16-21)15-19(2)42-26)30(39)31(40)37(28)32-35-36-33(44-32)43-18-22-8-5-6-11-25(22)34/h5-13,16-17,19,28,38H,3-4,14-15,18H2,1-2H3/b29-27+. The average molecular weight is 632 g/mol. The van der Waals surface area contributed by atoms with Gasteiger partial charge in [-0.1, -0.05) is 66.8 Å². The number of benzene rings is 3. The Morgan fingerprint density at radius 1 is 1.14 bits per heavy atom. The molecule has 226 valence electrons. The van der Waals surface area contributed by atoms with Gasteiger partial charge in [-0.2, -0.15) is 0 Å². The van der Waals surface area contributed by atoms with Crippen LogP contribution in [0.25, 0.3) is 5.76 Å². The van der Waals surface area contributed by atoms with E-state index in [1.54, 1.807) is 54.6 Å². The lowest BCUT2D eigenvalue weighted by Crippen LogP contribution is -2.29. The minimum Gasteiger partial charge on any atom is -0.507 e. The van der Waals surface area contributed by atoms with Crippen LogP contribution in [0.15, 0.2) is 76.6 Å². The van der Waals surface area contributed by atoms with E-state index >= 15 is 0 Å². The molecule has 1 fully saturated rings. The summed E-state index contributed by atoms with van der Waals surface area (Å²) in [5.74, 6) is -0.611. The zero-order valence-corrected chi connectivity index (χ0v) is 25.8. The maximum Gasteiger partial charge on any atom is 0.301 e. The van der Waals surface area contributed by atoms with Crippen LogP contribution in [0, 0.1) is 5.82 Å². The van der Waals surface area contributed by atoms with Crippen LogP contribution in [0.3, 0.4) is 0 Å². The molecule has 1 aromatic heterocycles. The van der Waals surface area contributed by atoms with E-state index < -0.39 is 17.7 Å². The number of carbonyl (C=O) groups excluding carboxylic acids is 2. The van der Waals surface area contributed by atoms with Gasteiger partial charge in [-0.05, 0) is 66.4 Å². The number of aromatic nitrogens is 2. The number of ether oxygens (including phenoxy) is 2. The fraction of sp³-hybridized carbons (Fsp3) is 0.273. The summed E-state index contributed by atoms with van der Waals surface area (Å²) in [6.07, 6.45) is 2.52. The van der Waals surface area contributed by atoms with E-state index in [0.717, 1.165) is 35.5 Å². The molecule has 2 aliphatic heterocycles. The SMILES string of the molecule is CCCCOc1cccc(C2/C(=C(\O)c3ccc4c(c3)CC(C)O4)C(=O)C(=O)N2c2nnc(SCc3ccccc3F)s2)c1. The van der Waals surface area contributed by atoms with E-state index in [-0.39, 0.29) is 28.4 Å². The average Bonchev–Trinajstić information content (AvgIpc) is 3.71. The van der Waals surface area contributed by atoms with Crippen LogP contribution in [-0.2, 0) is 21.8 Å². The molecule has 1 N–H and O–H groups in total. The second kappa shape index (κ2) is 12.8. The van der Waals surface area contributed by atoms with Crippen LogP contribution in [-0.4, -0.2) is 39.7 Å². The number of ketones is 1. The molecule has 1 saturated heterocycles. The number of hydrogen-bond donors (Lipinski definition) is 1. The molecule has 0 spiro atoms. The van der Waals surface area contributed by atoms with Gasteiger partial charge in [-0.25, -0.2) is 4.39 Å². The Morgan fingerprint density at radius 3 is 2.80 bits per heavy atom. The van der Waals surface area contributed by atoms with Crippen molar-refractivity contribution in [2.75, 3.05) is 11.5 Å². The van der Waals surface area contributed by atoms with Crippen molar-refractivity contribution in [3.63, 3.8) is 0 Å². The first-order valence-electron chi connectivity index (χ1n) is 14.4. The highest BCUT2D eigenvalue weighted by Crippen LogP contribution is 2.45. The minimum absolute atomic E-state index is 0.00581. The van der Waals surface area contributed by atoms with Crippen molar-refractivity contribution < 1.29 is 28.6 Å². The number of Topliss-reactive ketones (excluding diaryl/α,β-unsaturated/α-hetero) is 1. The molecule has 6 rings (SSSR count). The summed E-state index contributed by atoms with van der Waals surface area (Å²) in [6.45, 7) is 4.56. The third kappa shape index (κ3) is 5.94. The number of unbranched alkanes of at least 4 members (excludes halogenated alkanes) is 1. The van der Waals surface area contributed by atoms with E-state index in [9.17, 15) is 19.1 Å². The molecule has 1 amide bonds. The van der Waals surface area contributed by atoms with Crippen LogP contribution >= 0.6 is 23.1 Å². The number of aliphatic hydroxyl groups excluding tert-OH is 1. The van der Waals surface area contributed by atoms with Crippen LogP contribution in [0.1, 0.15) is 55.0 Å². The fourth-order valence-electron chi connectivity index (χ4n) is 5.29. The topological polar surface area (TPSA) is 102 Å².